The van der Waals surface area contributed by atoms with Crippen LogP contribution in [0.5, 0.6) is 0 Å². The summed E-state index contributed by atoms with van der Waals surface area (Å²) in [4.78, 5) is 6.29. The van der Waals surface area contributed by atoms with Crippen molar-refractivity contribution in [3.05, 3.63) is 53.1 Å². The first kappa shape index (κ1) is 19.3. The fourth-order valence-electron chi connectivity index (χ4n) is 2.35. The molecule has 138 valence electrons. The van der Waals surface area contributed by atoms with Crippen molar-refractivity contribution in [3.8, 4) is 0 Å². The second-order valence-electron chi connectivity index (χ2n) is 5.62. The molecule has 1 aromatic carbocycles. The summed E-state index contributed by atoms with van der Waals surface area (Å²) in [7, 11) is 0. The Morgan fingerprint density at radius 3 is 1.80 bits per heavy atom. The van der Waals surface area contributed by atoms with Gasteiger partial charge < -0.3 is 10.3 Å². The third kappa shape index (κ3) is 6.08. The van der Waals surface area contributed by atoms with Crippen molar-refractivity contribution in [1.82, 2.24) is 15.3 Å². The number of H-pyrrole nitrogens is 1. The molecule has 0 atom stereocenters. The minimum atomic E-state index is -4.83. The summed E-state index contributed by atoms with van der Waals surface area (Å²) in [5.74, 6) is 0. The predicted molar refractivity (Wildman–Crippen MR) is 79.9 cm³/mol. The monoisotopic (exact) mass is 365 g/mol. The highest BCUT2D eigenvalue weighted by Gasteiger charge is 2.36. The van der Waals surface area contributed by atoms with Crippen LogP contribution >= 0.6 is 0 Å². The van der Waals surface area contributed by atoms with E-state index in [-0.39, 0.29) is 18.1 Å². The molecule has 2 aromatic rings. The molecule has 0 aliphatic carbocycles. The summed E-state index contributed by atoms with van der Waals surface area (Å²) < 4.78 is 75.8. The van der Waals surface area contributed by atoms with Gasteiger partial charge in [0.15, 0.2) is 0 Å². The minimum Gasteiger partial charge on any atom is -0.348 e. The Morgan fingerprint density at radius 1 is 0.880 bits per heavy atom. The summed E-state index contributed by atoms with van der Waals surface area (Å²) in [5, 5.41) is 3.22. The van der Waals surface area contributed by atoms with E-state index in [9.17, 15) is 26.3 Å². The first-order valence-electron chi connectivity index (χ1n) is 7.62. The van der Waals surface area contributed by atoms with Gasteiger partial charge in [0.25, 0.3) is 0 Å². The Kier molecular flexibility index (Phi) is 6.10. The van der Waals surface area contributed by atoms with E-state index in [1.54, 1.807) is 0 Å². The maximum atomic E-state index is 12.6. The highest BCUT2D eigenvalue weighted by Crippen LogP contribution is 2.36. The quantitative estimate of drug-likeness (QED) is 0.774. The number of benzene rings is 1. The van der Waals surface area contributed by atoms with E-state index in [1.807, 2.05) is 0 Å². The number of nitrogens with one attached hydrogen (secondary N) is 2. The van der Waals surface area contributed by atoms with E-state index in [2.05, 4.69) is 15.3 Å². The lowest BCUT2D eigenvalue weighted by Crippen LogP contribution is -2.12. The van der Waals surface area contributed by atoms with Crippen molar-refractivity contribution < 1.29 is 26.3 Å². The van der Waals surface area contributed by atoms with Crippen LogP contribution in [0.4, 0.5) is 26.3 Å². The minimum absolute atomic E-state index is 0.0867. The molecule has 0 radical (unpaired) electrons. The van der Waals surface area contributed by atoms with Crippen LogP contribution < -0.4 is 5.32 Å². The van der Waals surface area contributed by atoms with Gasteiger partial charge in [0.1, 0.15) is 0 Å². The van der Waals surface area contributed by atoms with Crippen molar-refractivity contribution in [2.75, 3.05) is 13.1 Å². The van der Waals surface area contributed by atoms with Crippen LogP contribution in [-0.2, 0) is 18.8 Å². The zero-order valence-electron chi connectivity index (χ0n) is 13.1. The first-order valence-corrected chi connectivity index (χ1v) is 7.62. The molecule has 1 aliphatic rings. The molecule has 0 spiro atoms. The van der Waals surface area contributed by atoms with Gasteiger partial charge in [0, 0.05) is 18.3 Å². The zero-order valence-corrected chi connectivity index (χ0v) is 13.1. The molecule has 1 fully saturated rings. The third-order valence-corrected chi connectivity index (χ3v) is 3.55. The summed E-state index contributed by atoms with van der Waals surface area (Å²) in [5.41, 5.74) is -2.29. The Labute approximate surface area is 140 Å². The van der Waals surface area contributed by atoms with Gasteiger partial charge in [0.05, 0.1) is 17.5 Å². The Morgan fingerprint density at radius 2 is 1.44 bits per heavy atom. The molecule has 9 heteroatoms. The number of aromatic amines is 1. The van der Waals surface area contributed by atoms with Gasteiger partial charge in [-0.2, -0.15) is 26.3 Å². The van der Waals surface area contributed by atoms with Crippen LogP contribution in [-0.4, -0.2) is 23.1 Å². The fraction of sp³-hybridized carbons (Fsp3) is 0.438. The van der Waals surface area contributed by atoms with Gasteiger partial charge in [-0.1, -0.05) is 0 Å². The number of rotatable bonds is 2. The van der Waals surface area contributed by atoms with E-state index in [0.29, 0.717) is 17.8 Å². The van der Waals surface area contributed by atoms with Gasteiger partial charge in [-0.15, -0.1) is 0 Å². The topological polar surface area (TPSA) is 40.7 Å². The molecule has 0 unspecified atom stereocenters. The average Bonchev–Trinajstić information content (AvgIpc) is 3.21. The van der Waals surface area contributed by atoms with Crippen LogP contribution in [0, 0.1) is 0 Å². The number of halogens is 6. The second kappa shape index (κ2) is 7.90. The van der Waals surface area contributed by atoms with Crippen LogP contribution in [0.1, 0.15) is 35.2 Å². The van der Waals surface area contributed by atoms with Crippen LogP contribution in [0.15, 0.2) is 30.7 Å². The van der Waals surface area contributed by atoms with E-state index >= 15 is 0 Å². The maximum Gasteiger partial charge on any atom is 0.416 e. The zero-order chi connectivity index (χ0) is 18.5. The SMILES string of the molecule is C1CCNC1.FC(F)(F)c1cc(Cc2cnc[nH]2)cc(C(F)(F)F)c1. The summed E-state index contributed by atoms with van der Waals surface area (Å²) in [6.45, 7) is 2.50. The molecule has 2 heterocycles. The van der Waals surface area contributed by atoms with Crippen LogP contribution in [0.3, 0.4) is 0 Å². The molecule has 0 saturated carbocycles. The van der Waals surface area contributed by atoms with Crippen molar-refractivity contribution in [2.45, 2.75) is 31.6 Å². The van der Waals surface area contributed by atoms with E-state index in [0.717, 1.165) is 0 Å². The molecule has 3 nitrogen and oxygen atoms in total. The van der Waals surface area contributed by atoms with E-state index in [4.69, 9.17) is 0 Å². The largest absolute Gasteiger partial charge is 0.416 e. The van der Waals surface area contributed by atoms with Gasteiger partial charge >= 0.3 is 12.4 Å². The molecular formula is C16H17F6N3. The molecule has 1 saturated heterocycles. The van der Waals surface area contributed by atoms with Gasteiger partial charge in [-0.05, 0) is 49.7 Å². The second-order valence-corrected chi connectivity index (χ2v) is 5.62. The van der Waals surface area contributed by atoms with Crippen LogP contribution in [0.25, 0.3) is 0 Å². The first-order chi connectivity index (χ1) is 11.7. The predicted octanol–water partition coefficient (Wildman–Crippen LogP) is 4.41. The van der Waals surface area contributed by atoms with Crippen molar-refractivity contribution in [2.24, 2.45) is 0 Å². The normalized spacial score (nSPS) is 15.0. The van der Waals surface area contributed by atoms with Crippen molar-refractivity contribution >= 4 is 0 Å². The number of hydrogen-bond acceptors (Lipinski definition) is 2. The molecule has 0 amide bonds. The van der Waals surface area contributed by atoms with Gasteiger partial charge in [-0.3, -0.25) is 0 Å². The molecule has 1 aliphatic heterocycles. The number of alkyl halides is 6. The molecule has 25 heavy (non-hydrogen) atoms. The van der Waals surface area contributed by atoms with Crippen molar-refractivity contribution in [3.63, 3.8) is 0 Å². The average molecular weight is 365 g/mol. The standard InChI is InChI=1S/C12H8F6N2.C4H9N/c13-11(14,15)8-1-7(3-10-5-19-6-20-10)2-9(4-8)12(16,17)18;1-2-4-5-3-1/h1-2,4-6H,3H2,(H,19,20);5H,1-4H2. The Hall–Kier alpha value is -2.03. The third-order valence-electron chi connectivity index (χ3n) is 3.55. The summed E-state index contributed by atoms with van der Waals surface area (Å²) in [6.07, 6.45) is -4.33. The summed E-state index contributed by atoms with van der Waals surface area (Å²) in [6, 6.07) is 1.52. The lowest BCUT2D eigenvalue weighted by atomic mass is 10.0. The molecule has 0 bridgehead atoms. The Balaban J connectivity index is 0.000000386. The van der Waals surface area contributed by atoms with E-state index < -0.39 is 23.5 Å². The number of nitrogens with zero attached hydrogens (tertiary/aromatic N) is 1. The Bertz CT molecular complexity index is 618. The molecule has 3 rings (SSSR count). The van der Waals surface area contributed by atoms with E-state index in [1.165, 1.54) is 38.5 Å². The highest BCUT2D eigenvalue weighted by molar-refractivity contribution is 5.35. The number of hydrogen-bond donors (Lipinski definition) is 2. The fourth-order valence-corrected chi connectivity index (χ4v) is 2.35. The molecular weight excluding hydrogens is 348 g/mol. The lowest BCUT2D eigenvalue weighted by molar-refractivity contribution is -0.143. The van der Waals surface area contributed by atoms with Crippen molar-refractivity contribution in [1.29, 1.82) is 0 Å². The summed E-state index contributed by atoms with van der Waals surface area (Å²) >= 11 is 0. The number of aromatic nitrogens is 2. The highest BCUT2D eigenvalue weighted by atomic mass is 19.4. The van der Waals surface area contributed by atoms with Gasteiger partial charge in [-0.25, -0.2) is 4.98 Å². The van der Waals surface area contributed by atoms with Gasteiger partial charge in [0.2, 0.25) is 0 Å². The lowest BCUT2D eigenvalue weighted by Gasteiger charge is -2.13. The smallest absolute Gasteiger partial charge is 0.348 e. The molecule has 1 aromatic heterocycles. The number of imidazole rings is 1. The maximum absolute atomic E-state index is 12.6. The molecule has 2 N–H and O–H groups in total. The van der Waals surface area contributed by atoms with Crippen LogP contribution in [0.2, 0.25) is 0 Å².